The van der Waals surface area contributed by atoms with Crippen LogP contribution in [0.4, 0.5) is 10.5 Å². The number of carbonyl (C=O) groups is 3. The van der Waals surface area contributed by atoms with Crippen molar-refractivity contribution in [1.82, 2.24) is 4.90 Å². The second kappa shape index (κ2) is 6.75. The van der Waals surface area contributed by atoms with E-state index in [4.69, 9.17) is 18.9 Å². The van der Waals surface area contributed by atoms with Crippen molar-refractivity contribution in [3.8, 4) is 11.5 Å². The van der Waals surface area contributed by atoms with Crippen LogP contribution in [0.2, 0.25) is 0 Å². The van der Waals surface area contributed by atoms with Crippen LogP contribution in [0.15, 0.2) is 24.3 Å². The summed E-state index contributed by atoms with van der Waals surface area (Å²) in [5.74, 6) is -0.142. The first-order chi connectivity index (χ1) is 16.4. The van der Waals surface area contributed by atoms with Crippen molar-refractivity contribution in [3.63, 3.8) is 0 Å². The van der Waals surface area contributed by atoms with Crippen molar-refractivity contribution in [2.45, 2.75) is 36.3 Å². The van der Waals surface area contributed by atoms with Crippen molar-refractivity contribution < 1.29 is 33.3 Å². The van der Waals surface area contributed by atoms with Gasteiger partial charge in [0.2, 0.25) is 0 Å². The van der Waals surface area contributed by atoms with Gasteiger partial charge in [0.15, 0.2) is 17.0 Å². The summed E-state index contributed by atoms with van der Waals surface area (Å²) in [7, 11) is 5.64. The monoisotopic (exact) mass is 468 g/mol. The lowest BCUT2D eigenvalue weighted by molar-refractivity contribution is -0.161. The molecule has 1 aromatic rings. The highest BCUT2D eigenvalue weighted by molar-refractivity contribution is 6.08. The first kappa shape index (κ1) is 21.5. The number of carbonyl (C=O) groups excluding carboxylic acids is 3. The number of ketones is 1. The van der Waals surface area contributed by atoms with Crippen molar-refractivity contribution in [2.24, 2.45) is 11.3 Å². The molecule has 5 atom stereocenters. The summed E-state index contributed by atoms with van der Waals surface area (Å²) in [6.45, 7) is 1.22. The van der Waals surface area contributed by atoms with Crippen molar-refractivity contribution >= 4 is 23.5 Å². The molecule has 1 spiro atoms. The first-order valence-corrected chi connectivity index (χ1v) is 11.5. The Balaban J connectivity index is 1.79. The highest BCUT2D eigenvalue weighted by atomic mass is 16.6. The minimum absolute atomic E-state index is 0.116. The predicted molar refractivity (Wildman–Crippen MR) is 120 cm³/mol. The second-order valence-electron chi connectivity index (χ2n) is 9.91. The smallest absolute Gasteiger partial charge is 0.415 e. The summed E-state index contributed by atoms with van der Waals surface area (Å²) in [4.78, 5) is 45.0. The summed E-state index contributed by atoms with van der Waals surface area (Å²) >= 11 is 0. The fourth-order valence-corrected chi connectivity index (χ4v) is 8.26. The number of fused-ring (bicyclic) bond motifs is 1. The van der Waals surface area contributed by atoms with Crippen LogP contribution in [-0.2, 0) is 24.5 Å². The lowest BCUT2D eigenvalue weighted by Crippen LogP contribution is -2.78. The summed E-state index contributed by atoms with van der Waals surface area (Å²) in [5, 5.41) is 0. The zero-order valence-electron chi connectivity index (χ0n) is 19.8. The molecule has 5 unspecified atom stereocenters. The molecule has 3 fully saturated rings. The summed E-state index contributed by atoms with van der Waals surface area (Å²) < 4.78 is 22.0. The Morgan fingerprint density at radius 1 is 1.06 bits per heavy atom. The number of methoxy groups -OCH3 is 4. The predicted octanol–water partition coefficient (Wildman–Crippen LogP) is 2.06. The number of hydrogen-bond donors (Lipinski definition) is 0. The van der Waals surface area contributed by atoms with Gasteiger partial charge in [0.25, 0.3) is 0 Å². The zero-order chi connectivity index (χ0) is 24.0. The molecule has 9 heteroatoms. The number of esters is 1. The normalized spacial score (nSPS) is 36.6. The van der Waals surface area contributed by atoms with E-state index in [1.54, 1.807) is 6.07 Å². The number of benzene rings is 1. The zero-order valence-corrected chi connectivity index (χ0v) is 19.8. The molecule has 2 saturated carbocycles. The van der Waals surface area contributed by atoms with Gasteiger partial charge in [-0.3, -0.25) is 14.6 Å². The maximum absolute atomic E-state index is 14.0. The number of ether oxygens (including phenoxy) is 4. The molecule has 9 nitrogen and oxygen atoms in total. The van der Waals surface area contributed by atoms with Gasteiger partial charge in [-0.2, -0.15) is 0 Å². The van der Waals surface area contributed by atoms with Crippen molar-refractivity contribution in [2.75, 3.05) is 46.4 Å². The van der Waals surface area contributed by atoms with Gasteiger partial charge in [-0.25, -0.2) is 9.59 Å². The number of hydrogen-bond acceptors (Lipinski definition) is 8. The molecular weight excluding hydrogens is 440 g/mol. The lowest BCUT2D eigenvalue weighted by Gasteiger charge is -2.63. The van der Waals surface area contributed by atoms with Gasteiger partial charge in [-0.05, 0) is 24.5 Å². The third-order valence-electron chi connectivity index (χ3n) is 9.08. The largest absolute Gasteiger partial charge is 0.493 e. The third kappa shape index (κ3) is 2.01. The van der Waals surface area contributed by atoms with Gasteiger partial charge < -0.3 is 18.9 Å². The average molecular weight is 469 g/mol. The van der Waals surface area contributed by atoms with Crippen LogP contribution in [0.3, 0.4) is 0 Å². The standard InChI is InChI=1S/C25H28N2O7/c1-31-17-7-6-14-18(19(17)32-2)27(22(30)34-4)24(21(29)33-3)10-9-23-8-5-11-26-13-15(16(28)12-23)25(14,24)20(23)26/h5-8,15,20H,9-13H2,1-4H3. The molecule has 5 aliphatic rings. The fraction of sp³-hybridized carbons (Fsp3) is 0.560. The van der Waals surface area contributed by atoms with Crippen LogP contribution in [0.5, 0.6) is 11.5 Å². The second-order valence-corrected chi connectivity index (χ2v) is 9.91. The van der Waals surface area contributed by atoms with Gasteiger partial charge in [-0.15, -0.1) is 0 Å². The highest BCUT2D eigenvalue weighted by Crippen LogP contribution is 2.74. The Morgan fingerprint density at radius 3 is 2.53 bits per heavy atom. The number of Topliss-reactive ketones (excluding diaryl/α,β-unsaturated/α-hetero) is 1. The maximum atomic E-state index is 14.0. The topological polar surface area (TPSA) is 94.6 Å². The summed E-state index contributed by atoms with van der Waals surface area (Å²) in [5.41, 5.74) is -1.69. The Kier molecular flexibility index (Phi) is 4.26. The van der Waals surface area contributed by atoms with Crippen LogP contribution in [0, 0.1) is 11.3 Å². The molecule has 1 amide bonds. The molecule has 34 heavy (non-hydrogen) atoms. The Hall–Kier alpha value is -3.07. The van der Waals surface area contributed by atoms with E-state index in [9.17, 15) is 14.4 Å². The summed E-state index contributed by atoms with van der Waals surface area (Å²) in [6, 6.07) is 3.53. The molecule has 0 aromatic heterocycles. The maximum Gasteiger partial charge on any atom is 0.415 e. The molecule has 2 aliphatic carbocycles. The van der Waals surface area contributed by atoms with Gasteiger partial charge in [0, 0.05) is 36.9 Å². The van der Waals surface area contributed by atoms with Gasteiger partial charge >= 0.3 is 12.1 Å². The molecule has 0 radical (unpaired) electrons. The van der Waals surface area contributed by atoms with E-state index in [2.05, 4.69) is 17.1 Å². The molecule has 180 valence electrons. The van der Waals surface area contributed by atoms with Crippen molar-refractivity contribution in [1.29, 1.82) is 0 Å². The van der Waals surface area contributed by atoms with Crippen LogP contribution in [0.1, 0.15) is 24.8 Å². The van der Waals surface area contributed by atoms with E-state index in [0.29, 0.717) is 49.5 Å². The number of nitrogens with zero attached hydrogens (tertiary/aromatic N) is 2. The minimum atomic E-state index is -1.45. The minimum Gasteiger partial charge on any atom is -0.493 e. The van der Waals surface area contributed by atoms with Crippen LogP contribution in [0.25, 0.3) is 0 Å². The Bertz CT molecular complexity index is 1160. The molecule has 3 heterocycles. The van der Waals surface area contributed by atoms with Crippen LogP contribution in [-0.4, -0.2) is 75.9 Å². The molecule has 6 rings (SSSR count). The van der Waals surface area contributed by atoms with Gasteiger partial charge in [0.05, 0.1) is 39.5 Å². The van der Waals surface area contributed by atoms with Crippen molar-refractivity contribution in [3.05, 3.63) is 29.8 Å². The SMILES string of the molecule is COC(=O)N1c2c(ccc(OC)c2OC)C23C4CN5CC=CC(CCC12C(=O)OC)(CC4=O)C53. The molecule has 1 saturated heterocycles. The first-order valence-electron chi connectivity index (χ1n) is 11.5. The average Bonchev–Trinajstić information content (AvgIpc) is 3.32. The van der Waals surface area contributed by atoms with E-state index in [-0.39, 0.29) is 11.8 Å². The van der Waals surface area contributed by atoms with Gasteiger partial charge in [0.1, 0.15) is 5.78 Å². The number of amides is 1. The van der Waals surface area contributed by atoms with E-state index in [1.165, 1.54) is 33.3 Å². The Morgan fingerprint density at radius 2 is 1.85 bits per heavy atom. The molecule has 4 bridgehead atoms. The van der Waals surface area contributed by atoms with E-state index in [1.807, 2.05) is 6.07 Å². The van der Waals surface area contributed by atoms with E-state index < -0.39 is 34.3 Å². The van der Waals surface area contributed by atoms with Gasteiger partial charge in [-0.1, -0.05) is 18.2 Å². The lowest BCUT2D eigenvalue weighted by atomic mass is 9.42. The number of anilines is 1. The fourth-order valence-electron chi connectivity index (χ4n) is 8.26. The Labute approximate surface area is 197 Å². The third-order valence-corrected chi connectivity index (χ3v) is 9.08. The summed E-state index contributed by atoms with van der Waals surface area (Å²) in [6.07, 6.45) is 4.97. The highest BCUT2D eigenvalue weighted by Gasteiger charge is 2.84. The number of rotatable bonds is 3. The van der Waals surface area contributed by atoms with Crippen LogP contribution >= 0.6 is 0 Å². The molecule has 1 aromatic carbocycles. The molecule has 0 N–H and O–H groups in total. The molecule has 3 aliphatic heterocycles. The molecular formula is C25H28N2O7. The van der Waals surface area contributed by atoms with E-state index in [0.717, 1.165) is 5.56 Å². The quantitative estimate of drug-likeness (QED) is 0.492. The van der Waals surface area contributed by atoms with Crippen LogP contribution < -0.4 is 14.4 Å². The van der Waals surface area contributed by atoms with E-state index >= 15 is 0 Å².